The molecule has 0 spiro atoms. The molecule has 1 aliphatic heterocycles. The van der Waals surface area contributed by atoms with E-state index in [0.29, 0.717) is 13.1 Å². The number of carbonyl (C=O) groups excluding carboxylic acids is 1. The first-order chi connectivity index (χ1) is 15.5. The number of urea groups is 1. The Bertz CT molecular complexity index is 784. The Morgan fingerprint density at radius 3 is 2.44 bits per heavy atom. The van der Waals surface area contributed by atoms with E-state index in [1.807, 2.05) is 6.07 Å². The highest BCUT2D eigenvalue weighted by Crippen LogP contribution is 2.42. The molecule has 0 bridgehead atoms. The van der Waals surface area contributed by atoms with Crippen LogP contribution in [0.3, 0.4) is 0 Å². The SMILES string of the molecule is CCNC(=NCC1(c2ccc(OC)c(OC)c2)CCCCC1)NC1CCN(C(N)=O)CC1. The molecule has 8 nitrogen and oxygen atoms in total. The van der Waals surface area contributed by atoms with Crippen LogP contribution in [0.15, 0.2) is 23.2 Å². The van der Waals surface area contributed by atoms with E-state index >= 15 is 0 Å². The molecule has 2 fully saturated rings. The van der Waals surface area contributed by atoms with Crippen LogP contribution >= 0.6 is 0 Å². The number of benzene rings is 1. The summed E-state index contributed by atoms with van der Waals surface area (Å²) < 4.78 is 11.0. The average Bonchev–Trinajstić information content (AvgIpc) is 2.83. The van der Waals surface area contributed by atoms with Gasteiger partial charge in [-0.25, -0.2) is 4.79 Å². The highest BCUT2D eigenvalue weighted by molar-refractivity contribution is 5.80. The summed E-state index contributed by atoms with van der Waals surface area (Å²) in [6.07, 6.45) is 7.65. The second-order valence-electron chi connectivity index (χ2n) is 8.85. The van der Waals surface area contributed by atoms with Gasteiger partial charge in [0.2, 0.25) is 0 Å². The van der Waals surface area contributed by atoms with Crippen molar-refractivity contribution in [3.8, 4) is 11.5 Å². The molecular formula is C24H39N5O3. The van der Waals surface area contributed by atoms with Crippen molar-refractivity contribution in [3.05, 3.63) is 23.8 Å². The van der Waals surface area contributed by atoms with E-state index in [2.05, 4.69) is 29.7 Å². The maximum absolute atomic E-state index is 11.4. The van der Waals surface area contributed by atoms with Gasteiger partial charge in [-0.1, -0.05) is 25.3 Å². The second kappa shape index (κ2) is 11.3. The molecule has 32 heavy (non-hydrogen) atoms. The van der Waals surface area contributed by atoms with E-state index < -0.39 is 0 Å². The molecule has 1 saturated carbocycles. The third-order valence-corrected chi connectivity index (χ3v) is 6.84. The lowest BCUT2D eigenvalue weighted by atomic mass is 9.69. The highest BCUT2D eigenvalue weighted by atomic mass is 16.5. The fourth-order valence-electron chi connectivity index (χ4n) is 4.92. The minimum atomic E-state index is -0.335. The third kappa shape index (κ3) is 5.78. The fraction of sp³-hybridized carbons (Fsp3) is 0.667. The summed E-state index contributed by atoms with van der Waals surface area (Å²) in [6, 6.07) is 6.25. The summed E-state index contributed by atoms with van der Waals surface area (Å²) in [7, 11) is 3.35. The van der Waals surface area contributed by atoms with Crippen LogP contribution in [0.2, 0.25) is 0 Å². The summed E-state index contributed by atoms with van der Waals surface area (Å²) in [5, 5.41) is 6.98. The second-order valence-corrected chi connectivity index (χ2v) is 8.85. The number of carbonyl (C=O) groups is 1. The number of piperidine rings is 1. The quantitative estimate of drug-likeness (QED) is 0.442. The molecular weight excluding hydrogens is 406 g/mol. The van der Waals surface area contributed by atoms with Gasteiger partial charge in [0.15, 0.2) is 17.5 Å². The Morgan fingerprint density at radius 1 is 1.16 bits per heavy atom. The van der Waals surface area contributed by atoms with Crippen LogP contribution in [0.5, 0.6) is 11.5 Å². The predicted molar refractivity (Wildman–Crippen MR) is 128 cm³/mol. The van der Waals surface area contributed by atoms with Crippen molar-refractivity contribution >= 4 is 12.0 Å². The van der Waals surface area contributed by atoms with Crippen molar-refractivity contribution in [1.82, 2.24) is 15.5 Å². The molecule has 1 aliphatic carbocycles. The van der Waals surface area contributed by atoms with Crippen molar-refractivity contribution in [1.29, 1.82) is 0 Å². The summed E-state index contributed by atoms with van der Waals surface area (Å²) in [6.45, 7) is 4.97. The molecule has 0 aromatic heterocycles. The largest absolute Gasteiger partial charge is 0.493 e. The summed E-state index contributed by atoms with van der Waals surface area (Å²) in [4.78, 5) is 18.1. The van der Waals surface area contributed by atoms with E-state index in [1.165, 1.54) is 24.8 Å². The molecule has 178 valence electrons. The monoisotopic (exact) mass is 445 g/mol. The van der Waals surface area contributed by atoms with Crippen LogP contribution in [-0.4, -0.2) is 63.3 Å². The summed E-state index contributed by atoms with van der Waals surface area (Å²) in [5.41, 5.74) is 6.68. The molecule has 1 aromatic carbocycles. The minimum Gasteiger partial charge on any atom is -0.493 e. The number of likely N-dealkylation sites (tertiary alicyclic amines) is 1. The van der Waals surface area contributed by atoms with Crippen molar-refractivity contribution in [2.45, 2.75) is 63.3 Å². The number of ether oxygens (including phenoxy) is 2. The molecule has 2 amide bonds. The van der Waals surface area contributed by atoms with Gasteiger partial charge in [-0.05, 0) is 50.3 Å². The standard InChI is InChI=1S/C24H39N5O3/c1-4-26-23(28-19-10-14-29(15-11-19)22(25)30)27-17-24(12-6-5-7-13-24)18-8-9-20(31-2)21(16-18)32-3/h8-9,16,19H,4-7,10-15,17H2,1-3H3,(H2,25,30)(H2,26,27,28). The number of nitrogens with two attached hydrogens (primary N) is 1. The van der Waals surface area contributed by atoms with Crippen molar-refractivity contribution in [2.75, 3.05) is 40.4 Å². The van der Waals surface area contributed by atoms with Crippen LogP contribution in [0.1, 0.15) is 57.4 Å². The van der Waals surface area contributed by atoms with Gasteiger partial charge in [0.05, 0.1) is 20.8 Å². The highest BCUT2D eigenvalue weighted by Gasteiger charge is 2.35. The number of hydrogen-bond donors (Lipinski definition) is 3. The number of amides is 2. The number of aliphatic imine (C=N–C) groups is 1. The first kappa shape index (κ1) is 24.0. The Kier molecular flexibility index (Phi) is 8.47. The molecule has 1 heterocycles. The number of hydrogen-bond acceptors (Lipinski definition) is 4. The topological polar surface area (TPSA) is 101 Å². The number of methoxy groups -OCH3 is 2. The van der Waals surface area contributed by atoms with Gasteiger partial charge in [-0.15, -0.1) is 0 Å². The molecule has 1 aromatic rings. The van der Waals surface area contributed by atoms with Gasteiger partial charge in [0, 0.05) is 31.1 Å². The number of nitrogens with zero attached hydrogens (tertiary/aromatic N) is 2. The number of nitrogens with one attached hydrogen (secondary N) is 2. The molecule has 2 aliphatic rings. The Labute approximate surface area is 191 Å². The van der Waals surface area contributed by atoms with Crippen molar-refractivity contribution < 1.29 is 14.3 Å². The van der Waals surface area contributed by atoms with Crippen LogP contribution < -0.4 is 25.8 Å². The van der Waals surface area contributed by atoms with Gasteiger partial charge in [0.25, 0.3) is 0 Å². The van der Waals surface area contributed by atoms with Crippen LogP contribution in [0.4, 0.5) is 4.79 Å². The average molecular weight is 446 g/mol. The van der Waals surface area contributed by atoms with Gasteiger partial charge in [-0.3, -0.25) is 4.99 Å². The summed E-state index contributed by atoms with van der Waals surface area (Å²) in [5.74, 6) is 2.36. The van der Waals surface area contributed by atoms with Crippen LogP contribution in [0, 0.1) is 0 Å². The first-order valence-electron chi connectivity index (χ1n) is 11.8. The third-order valence-electron chi connectivity index (χ3n) is 6.84. The Balaban J connectivity index is 1.76. The smallest absolute Gasteiger partial charge is 0.314 e. The molecule has 4 N–H and O–H groups in total. The first-order valence-corrected chi connectivity index (χ1v) is 11.8. The zero-order valence-electron chi connectivity index (χ0n) is 19.8. The molecule has 3 rings (SSSR count). The maximum atomic E-state index is 11.4. The maximum Gasteiger partial charge on any atom is 0.314 e. The lowest BCUT2D eigenvalue weighted by molar-refractivity contribution is 0.188. The molecule has 0 radical (unpaired) electrons. The normalized spacial score (nSPS) is 19.3. The summed E-state index contributed by atoms with van der Waals surface area (Å²) >= 11 is 0. The Morgan fingerprint density at radius 2 is 1.84 bits per heavy atom. The zero-order chi connectivity index (χ0) is 23.0. The molecule has 0 atom stereocenters. The van der Waals surface area contributed by atoms with E-state index in [0.717, 1.165) is 56.2 Å². The lowest BCUT2D eigenvalue weighted by Gasteiger charge is -2.37. The molecule has 0 unspecified atom stereocenters. The molecule has 8 heteroatoms. The predicted octanol–water partition coefficient (Wildman–Crippen LogP) is 3.00. The van der Waals surface area contributed by atoms with Crippen molar-refractivity contribution in [3.63, 3.8) is 0 Å². The van der Waals surface area contributed by atoms with Gasteiger partial charge < -0.3 is 30.7 Å². The fourth-order valence-corrected chi connectivity index (χ4v) is 4.92. The zero-order valence-corrected chi connectivity index (χ0v) is 19.8. The molecule has 1 saturated heterocycles. The van der Waals surface area contributed by atoms with E-state index in [9.17, 15) is 4.79 Å². The van der Waals surface area contributed by atoms with E-state index in [1.54, 1.807) is 19.1 Å². The van der Waals surface area contributed by atoms with Gasteiger partial charge in [0.1, 0.15) is 0 Å². The number of primary amides is 1. The Hall–Kier alpha value is -2.64. The van der Waals surface area contributed by atoms with E-state index in [-0.39, 0.29) is 17.5 Å². The van der Waals surface area contributed by atoms with Crippen LogP contribution in [0.25, 0.3) is 0 Å². The number of rotatable bonds is 7. The lowest BCUT2D eigenvalue weighted by Crippen LogP contribution is -2.51. The number of guanidine groups is 1. The minimum absolute atomic E-state index is 0.00448. The van der Waals surface area contributed by atoms with Crippen molar-refractivity contribution in [2.24, 2.45) is 10.7 Å². The van der Waals surface area contributed by atoms with Gasteiger partial charge in [-0.2, -0.15) is 0 Å². The van der Waals surface area contributed by atoms with E-state index in [4.69, 9.17) is 20.2 Å². The van der Waals surface area contributed by atoms with Crippen LogP contribution in [-0.2, 0) is 5.41 Å². The van der Waals surface area contributed by atoms with Gasteiger partial charge >= 0.3 is 6.03 Å².